The molecule has 0 spiro atoms. The molecule has 0 saturated heterocycles. The second-order valence-corrected chi connectivity index (χ2v) is 6.74. The van der Waals surface area contributed by atoms with E-state index in [1.54, 1.807) is 0 Å². The van der Waals surface area contributed by atoms with Crippen molar-refractivity contribution in [3.63, 3.8) is 0 Å². The van der Waals surface area contributed by atoms with Crippen molar-refractivity contribution in [3.8, 4) is 0 Å². The van der Waals surface area contributed by atoms with E-state index < -0.39 is 6.10 Å². The highest BCUT2D eigenvalue weighted by atomic mass is 16.3. The number of nitrogens with zero attached hydrogens (tertiary/aromatic N) is 1. The number of hydrogen-bond donors (Lipinski definition) is 1. The van der Waals surface area contributed by atoms with Gasteiger partial charge < -0.3 is 10.0 Å². The summed E-state index contributed by atoms with van der Waals surface area (Å²) in [6, 6.07) is 8.83. The molecule has 0 bridgehead atoms. The van der Waals surface area contributed by atoms with Gasteiger partial charge in [-0.25, -0.2) is 0 Å². The Bertz CT molecular complexity index is 415. The zero-order chi connectivity index (χ0) is 14.0. The van der Waals surface area contributed by atoms with Gasteiger partial charge in [-0.2, -0.15) is 0 Å². The minimum atomic E-state index is -0.404. The van der Waals surface area contributed by atoms with E-state index in [1.165, 1.54) is 31.4 Å². The van der Waals surface area contributed by atoms with Gasteiger partial charge in [0.05, 0.1) is 6.10 Å². The smallest absolute Gasteiger partial charge is 0.0781 e. The summed E-state index contributed by atoms with van der Waals surface area (Å²) in [6.45, 7) is 6.58. The van der Waals surface area contributed by atoms with Crippen molar-refractivity contribution >= 4 is 5.69 Å². The first kappa shape index (κ1) is 14.4. The fourth-order valence-electron chi connectivity index (χ4n) is 3.13. The molecule has 2 heteroatoms. The minimum absolute atomic E-state index is 0.404. The molecule has 1 N–H and O–H groups in total. The van der Waals surface area contributed by atoms with Gasteiger partial charge in [-0.3, -0.25) is 0 Å². The molecule has 19 heavy (non-hydrogen) atoms. The number of benzene rings is 1. The largest absolute Gasteiger partial charge is 0.389 e. The van der Waals surface area contributed by atoms with Gasteiger partial charge in [0, 0.05) is 24.3 Å². The third kappa shape index (κ3) is 3.30. The number of aliphatic hydroxyl groups excluding tert-OH is 1. The molecule has 1 saturated carbocycles. The predicted molar refractivity (Wildman–Crippen MR) is 81.5 cm³/mol. The maximum atomic E-state index is 9.91. The van der Waals surface area contributed by atoms with Crippen LogP contribution < -0.4 is 4.90 Å². The van der Waals surface area contributed by atoms with E-state index in [2.05, 4.69) is 37.9 Å². The van der Waals surface area contributed by atoms with Crippen LogP contribution in [-0.2, 0) is 0 Å². The minimum Gasteiger partial charge on any atom is -0.389 e. The van der Waals surface area contributed by atoms with Crippen LogP contribution in [0.1, 0.15) is 58.1 Å². The highest BCUT2D eigenvalue weighted by Gasteiger charge is 2.29. The van der Waals surface area contributed by atoms with E-state index in [1.807, 2.05) is 19.1 Å². The lowest BCUT2D eigenvalue weighted by Crippen LogP contribution is -2.37. The van der Waals surface area contributed by atoms with Crippen molar-refractivity contribution in [1.29, 1.82) is 0 Å². The van der Waals surface area contributed by atoms with E-state index in [9.17, 15) is 5.11 Å². The van der Waals surface area contributed by atoms with Gasteiger partial charge in [-0.15, -0.1) is 0 Å². The molecule has 1 aromatic carbocycles. The second-order valence-electron chi connectivity index (χ2n) is 6.74. The Hall–Kier alpha value is -1.02. The molecule has 106 valence electrons. The summed E-state index contributed by atoms with van der Waals surface area (Å²) in [5, 5.41) is 9.91. The molecule has 0 aliphatic heterocycles. The summed E-state index contributed by atoms with van der Waals surface area (Å²) >= 11 is 0. The molecule has 2 nitrogen and oxygen atoms in total. The van der Waals surface area contributed by atoms with Gasteiger partial charge in [-0.1, -0.05) is 32.0 Å². The van der Waals surface area contributed by atoms with Crippen LogP contribution in [0.15, 0.2) is 24.3 Å². The normalized spacial score (nSPS) is 21.1. The summed E-state index contributed by atoms with van der Waals surface area (Å²) in [6.07, 6.45) is 4.67. The summed E-state index contributed by atoms with van der Waals surface area (Å²) in [5.41, 5.74) is 2.72. The zero-order valence-electron chi connectivity index (χ0n) is 12.7. The van der Waals surface area contributed by atoms with E-state index in [0.717, 1.165) is 5.56 Å². The van der Waals surface area contributed by atoms with Crippen LogP contribution in [0.25, 0.3) is 0 Å². The molecular formula is C17H27NO. The van der Waals surface area contributed by atoms with Gasteiger partial charge >= 0.3 is 0 Å². The van der Waals surface area contributed by atoms with Crippen LogP contribution in [0.2, 0.25) is 0 Å². The molecule has 1 atom stereocenters. The first-order valence-corrected chi connectivity index (χ1v) is 7.40. The molecular weight excluding hydrogens is 234 g/mol. The van der Waals surface area contributed by atoms with Crippen molar-refractivity contribution in [2.45, 2.75) is 58.6 Å². The SMILES string of the molecule is CC(O)c1ccccc1N(C)C1CCC(C)(C)CC1. The van der Waals surface area contributed by atoms with Crippen LogP contribution in [0.5, 0.6) is 0 Å². The number of aliphatic hydroxyl groups is 1. The van der Waals surface area contributed by atoms with Crippen LogP contribution >= 0.6 is 0 Å². The molecule has 1 fully saturated rings. The molecule has 1 aromatic rings. The fourth-order valence-corrected chi connectivity index (χ4v) is 3.13. The van der Waals surface area contributed by atoms with Crippen LogP contribution in [-0.4, -0.2) is 18.2 Å². The standard InChI is InChI=1S/C17H27NO/c1-13(19)15-7-5-6-8-16(15)18(4)14-9-11-17(2,3)12-10-14/h5-8,13-14,19H,9-12H2,1-4H3. The highest BCUT2D eigenvalue weighted by molar-refractivity contribution is 5.54. The summed E-state index contributed by atoms with van der Waals surface area (Å²) < 4.78 is 0. The van der Waals surface area contributed by atoms with E-state index in [0.29, 0.717) is 11.5 Å². The number of rotatable bonds is 3. The Labute approximate surface area is 117 Å². The zero-order valence-corrected chi connectivity index (χ0v) is 12.7. The summed E-state index contributed by atoms with van der Waals surface area (Å²) in [5.74, 6) is 0. The Kier molecular flexibility index (Phi) is 4.19. The van der Waals surface area contributed by atoms with Gasteiger partial charge in [0.2, 0.25) is 0 Å². The van der Waals surface area contributed by atoms with Crippen molar-refractivity contribution in [1.82, 2.24) is 0 Å². The quantitative estimate of drug-likeness (QED) is 0.883. The highest BCUT2D eigenvalue weighted by Crippen LogP contribution is 2.38. The number of hydrogen-bond acceptors (Lipinski definition) is 2. The summed E-state index contributed by atoms with van der Waals surface area (Å²) in [7, 11) is 2.17. The second kappa shape index (κ2) is 5.54. The predicted octanol–water partition coefficient (Wildman–Crippen LogP) is 4.14. The fraction of sp³-hybridized carbons (Fsp3) is 0.647. The Balaban J connectivity index is 2.14. The van der Waals surface area contributed by atoms with Crippen molar-refractivity contribution in [2.75, 3.05) is 11.9 Å². The topological polar surface area (TPSA) is 23.5 Å². The molecule has 1 aliphatic carbocycles. The van der Waals surface area contributed by atoms with Crippen LogP contribution in [0.3, 0.4) is 0 Å². The summed E-state index contributed by atoms with van der Waals surface area (Å²) in [4.78, 5) is 2.37. The van der Waals surface area contributed by atoms with E-state index >= 15 is 0 Å². The molecule has 1 aliphatic rings. The lowest BCUT2D eigenvalue weighted by molar-refractivity contribution is 0.198. The Morgan fingerprint density at radius 3 is 2.37 bits per heavy atom. The van der Waals surface area contributed by atoms with Crippen molar-refractivity contribution < 1.29 is 5.11 Å². The molecule has 0 radical (unpaired) electrons. The molecule has 0 heterocycles. The molecule has 0 aromatic heterocycles. The van der Waals surface area contributed by atoms with Crippen LogP contribution in [0.4, 0.5) is 5.69 Å². The molecule has 1 unspecified atom stereocenters. The average Bonchev–Trinajstić information content (AvgIpc) is 2.38. The van der Waals surface area contributed by atoms with Gasteiger partial charge in [0.15, 0.2) is 0 Å². The first-order valence-electron chi connectivity index (χ1n) is 7.40. The van der Waals surface area contributed by atoms with Gasteiger partial charge in [0.25, 0.3) is 0 Å². The maximum absolute atomic E-state index is 9.91. The Morgan fingerprint density at radius 1 is 1.21 bits per heavy atom. The van der Waals surface area contributed by atoms with Gasteiger partial charge in [-0.05, 0) is 44.1 Å². The van der Waals surface area contributed by atoms with Crippen LogP contribution in [0, 0.1) is 5.41 Å². The van der Waals surface area contributed by atoms with Crippen molar-refractivity contribution in [3.05, 3.63) is 29.8 Å². The monoisotopic (exact) mass is 261 g/mol. The third-order valence-electron chi connectivity index (χ3n) is 4.62. The maximum Gasteiger partial charge on any atom is 0.0781 e. The van der Waals surface area contributed by atoms with Crippen molar-refractivity contribution in [2.24, 2.45) is 5.41 Å². The number of anilines is 1. The first-order chi connectivity index (χ1) is 8.91. The Morgan fingerprint density at radius 2 is 1.79 bits per heavy atom. The average molecular weight is 261 g/mol. The van der Waals surface area contributed by atoms with Gasteiger partial charge in [0.1, 0.15) is 0 Å². The molecule has 2 rings (SSSR count). The van der Waals surface area contributed by atoms with E-state index in [-0.39, 0.29) is 0 Å². The lowest BCUT2D eigenvalue weighted by Gasteiger charge is -2.40. The lowest BCUT2D eigenvalue weighted by atomic mass is 9.75. The van der Waals surface area contributed by atoms with E-state index in [4.69, 9.17) is 0 Å². The number of para-hydroxylation sites is 1. The molecule has 0 amide bonds. The third-order valence-corrected chi connectivity index (χ3v) is 4.62.